The highest BCUT2D eigenvalue weighted by Crippen LogP contribution is 1.94. The molecule has 114 valence electrons. The number of hydrogen-bond donors (Lipinski definition) is 1. The molecule has 0 aliphatic rings. The van der Waals surface area contributed by atoms with E-state index in [1.807, 2.05) is 14.0 Å². The van der Waals surface area contributed by atoms with E-state index in [1.54, 1.807) is 0 Å². The molecule has 1 N–H and O–H groups in total. The van der Waals surface area contributed by atoms with E-state index in [1.165, 1.54) is 0 Å². The van der Waals surface area contributed by atoms with Crippen LogP contribution in [0.4, 0.5) is 0 Å². The average Bonchev–Trinajstić information content (AvgIpc) is 2.39. The predicted molar refractivity (Wildman–Crippen MR) is 76.6 cm³/mol. The molecule has 5 nitrogen and oxygen atoms in total. The van der Waals surface area contributed by atoms with E-state index in [0.29, 0.717) is 39.6 Å². The quantitative estimate of drug-likeness (QED) is 0.360. The Morgan fingerprint density at radius 2 is 1.21 bits per heavy atom. The SMILES string of the molecule is C=C(C)CCOCCOCCOCCOCCNC. The molecular formula is C14H29NO4. The maximum Gasteiger partial charge on any atom is 0.0701 e. The van der Waals surface area contributed by atoms with Crippen LogP contribution in [0.15, 0.2) is 12.2 Å². The Hall–Kier alpha value is -0.460. The highest BCUT2D eigenvalue weighted by molar-refractivity contribution is 4.86. The van der Waals surface area contributed by atoms with Crippen LogP contribution in [-0.4, -0.2) is 66.4 Å². The van der Waals surface area contributed by atoms with E-state index in [2.05, 4.69) is 11.9 Å². The molecule has 0 fully saturated rings. The van der Waals surface area contributed by atoms with E-state index in [9.17, 15) is 0 Å². The van der Waals surface area contributed by atoms with Gasteiger partial charge in [0.15, 0.2) is 0 Å². The van der Waals surface area contributed by atoms with Gasteiger partial charge in [0.1, 0.15) is 0 Å². The molecule has 19 heavy (non-hydrogen) atoms. The van der Waals surface area contributed by atoms with E-state index in [-0.39, 0.29) is 0 Å². The minimum atomic E-state index is 0.598. The first-order valence-electron chi connectivity index (χ1n) is 6.87. The van der Waals surface area contributed by atoms with Gasteiger partial charge in [-0.15, -0.1) is 6.58 Å². The van der Waals surface area contributed by atoms with Crippen LogP contribution in [0, 0.1) is 0 Å². The number of hydrogen-bond acceptors (Lipinski definition) is 5. The molecule has 0 unspecified atom stereocenters. The molecule has 0 aromatic carbocycles. The first-order valence-corrected chi connectivity index (χ1v) is 6.87. The monoisotopic (exact) mass is 275 g/mol. The molecule has 0 aliphatic heterocycles. The Morgan fingerprint density at radius 3 is 1.63 bits per heavy atom. The van der Waals surface area contributed by atoms with Gasteiger partial charge in [-0.25, -0.2) is 0 Å². The lowest BCUT2D eigenvalue weighted by Crippen LogP contribution is -2.17. The van der Waals surface area contributed by atoms with Gasteiger partial charge in [-0.3, -0.25) is 0 Å². The largest absolute Gasteiger partial charge is 0.379 e. The van der Waals surface area contributed by atoms with Crippen molar-refractivity contribution in [3.63, 3.8) is 0 Å². The zero-order valence-corrected chi connectivity index (χ0v) is 12.4. The van der Waals surface area contributed by atoms with E-state index < -0.39 is 0 Å². The fourth-order valence-corrected chi connectivity index (χ4v) is 1.18. The van der Waals surface area contributed by atoms with E-state index in [0.717, 1.165) is 31.8 Å². The normalized spacial score (nSPS) is 10.8. The second-order valence-electron chi connectivity index (χ2n) is 4.26. The lowest BCUT2D eigenvalue weighted by molar-refractivity contribution is -0.00102. The molecule has 0 rings (SSSR count). The number of likely N-dealkylation sites (N-methyl/N-ethyl adjacent to an activating group) is 1. The molecule has 0 aromatic rings. The van der Waals surface area contributed by atoms with Gasteiger partial charge in [-0.2, -0.15) is 0 Å². The molecule has 0 bridgehead atoms. The van der Waals surface area contributed by atoms with Crippen LogP contribution >= 0.6 is 0 Å². The van der Waals surface area contributed by atoms with Gasteiger partial charge < -0.3 is 24.3 Å². The molecule has 0 saturated heterocycles. The topological polar surface area (TPSA) is 49.0 Å². The minimum absolute atomic E-state index is 0.598. The van der Waals surface area contributed by atoms with Gasteiger partial charge in [0.2, 0.25) is 0 Å². The van der Waals surface area contributed by atoms with Crippen molar-refractivity contribution in [1.82, 2.24) is 5.32 Å². The Bertz CT molecular complexity index is 200. The molecule has 0 amide bonds. The molecule has 0 aromatic heterocycles. The van der Waals surface area contributed by atoms with E-state index >= 15 is 0 Å². The highest BCUT2D eigenvalue weighted by Gasteiger charge is 1.92. The van der Waals surface area contributed by atoms with Gasteiger partial charge in [-0.05, 0) is 20.4 Å². The molecule has 0 saturated carbocycles. The molecule has 0 radical (unpaired) electrons. The third-order valence-electron chi connectivity index (χ3n) is 2.29. The average molecular weight is 275 g/mol. The van der Waals surface area contributed by atoms with Crippen LogP contribution < -0.4 is 5.32 Å². The molecule has 0 heterocycles. The standard InChI is InChI=1S/C14H29NO4/c1-14(2)4-6-16-8-10-18-12-13-19-11-9-17-7-5-15-3/h15H,1,4-13H2,2-3H3. The van der Waals surface area contributed by atoms with Crippen LogP contribution in [0.25, 0.3) is 0 Å². The second kappa shape index (κ2) is 15.6. The summed E-state index contributed by atoms with van der Waals surface area (Å²) < 4.78 is 21.4. The smallest absolute Gasteiger partial charge is 0.0701 e. The first kappa shape index (κ1) is 18.5. The fourth-order valence-electron chi connectivity index (χ4n) is 1.18. The van der Waals surface area contributed by atoms with Crippen molar-refractivity contribution < 1.29 is 18.9 Å². The summed E-state index contributed by atoms with van der Waals surface area (Å²) in [6.07, 6.45) is 0.913. The molecular weight excluding hydrogens is 246 g/mol. The van der Waals surface area contributed by atoms with Crippen molar-refractivity contribution >= 4 is 0 Å². The Morgan fingerprint density at radius 1 is 0.789 bits per heavy atom. The van der Waals surface area contributed by atoms with Crippen molar-refractivity contribution in [2.75, 3.05) is 66.4 Å². The van der Waals surface area contributed by atoms with Crippen molar-refractivity contribution in [2.24, 2.45) is 0 Å². The zero-order valence-electron chi connectivity index (χ0n) is 12.4. The number of nitrogens with one attached hydrogen (secondary N) is 1. The first-order chi connectivity index (χ1) is 9.27. The van der Waals surface area contributed by atoms with Gasteiger partial charge in [0.25, 0.3) is 0 Å². The minimum Gasteiger partial charge on any atom is -0.379 e. The summed E-state index contributed by atoms with van der Waals surface area (Å²) in [6.45, 7) is 11.8. The summed E-state index contributed by atoms with van der Waals surface area (Å²) in [5.41, 5.74) is 1.14. The van der Waals surface area contributed by atoms with Gasteiger partial charge in [0.05, 0.1) is 52.9 Å². The van der Waals surface area contributed by atoms with Crippen LogP contribution in [0.3, 0.4) is 0 Å². The maximum absolute atomic E-state index is 5.37. The summed E-state index contributed by atoms with van der Waals surface area (Å²) in [5.74, 6) is 0. The number of ether oxygens (including phenoxy) is 4. The van der Waals surface area contributed by atoms with Gasteiger partial charge in [0, 0.05) is 6.54 Å². The fraction of sp³-hybridized carbons (Fsp3) is 0.857. The van der Waals surface area contributed by atoms with Crippen LogP contribution in [-0.2, 0) is 18.9 Å². The summed E-state index contributed by atoms with van der Waals surface area (Å²) in [7, 11) is 1.90. The second-order valence-corrected chi connectivity index (χ2v) is 4.26. The lowest BCUT2D eigenvalue weighted by Gasteiger charge is -2.07. The zero-order chi connectivity index (χ0) is 14.2. The Labute approximate surface area is 117 Å². The Balaban J connectivity index is 2.93. The maximum atomic E-state index is 5.37. The summed E-state index contributed by atoms with van der Waals surface area (Å²) >= 11 is 0. The van der Waals surface area contributed by atoms with Crippen molar-refractivity contribution in [2.45, 2.75) is 13.3 Å². The van der Waals surface area contributed by atoms with Gasteiger partial charge in [-0.1, -0.05) is 5.57 Å². The third-order valence-corrected chi connectivity index (χ3v) is 2.29. The summed E-state index contributed by atoms with van der Waals surface area (Å²) in [4.78, 5) is 0. The molecule has 0 spiro atoms. The van der Waals surface area contributed by atoms with Crippen LogP contribution in [0.1, 0.15) is 13.3 Å². The highest BCUT2D eigenvalue weighted by atomic mass is 16.6. The third kappa shape index (κ3) is 17.5. The van der Waals surface area contributed by atoms with Crippen molar-refractivity contribution in [3.05, 3.63) is 12.2 Å². The summed E-state index contributed by atoms with van der Waals surface area (Å²) in [5, 5.41) is 3.01. The van der Waals surface area contributed by atoms with E-state index in [4.69, 9.17) is 18.9 Å². The molecule has 0 atom stereocenters. The van der Waals surface area contributed by atoms with Crippen molar-refractivity contribution in [1.29, 1.82) is 0 Å². The van der Waals surface area contributed by atoms with Crippen LogP contribution in [0.5, 0.6) is 0 Å². The molecule has 5 heteroatoms. The van der Waals surface area contributed by atoms with Crippen molar-refractivity contribution in [3.8, 4) is 0 Å². The molecule has 0 aliphatic carbocycles. The van der Waals surface area contributed by atoms with Crippen LogP contribution in [0.2, 0.25) is 0 Å². The predicted octanol–water partition coefficient (Wildman–Crippen LogP) is 1.24. The Kier molecular flexibility index (Phi) is 15.2. The van der Waals surface area contributed by atoms with Gasteiger partial charge >= 0.3 is 0 Å². The summed E-state index contributed by atoms with van der Waals surface area (Å²) in [6, 6.07) is 0. The number of rotatable bonds is 15. The lowest BCUT2D eigenvalue weighted by atomic mass is 10.3.